The molecule has 3 aromatic rings. The van der Waals surface area contributed by atoms with E-state index < -0.39 is 0 Å². The molecule has 1 aliphatic heterocycles. The lowest BCUT2D eigenvalue weighted by Crippen LogP contribution is -2.43. The van der Waals surface area contributed by atoms with Crippen molar-refractivity contribution >= 4 is 17.5 Å². The topological polar surface area (TPSA) is 83.8 Å². The van der Waals surface area contributed by atoms with E-state index in [1.807, 2.05) is 30.2 Å². The van der Waals surface area contributed by atoms with E-state index in [0.717, 1.165) is 61.1 Å². The molecule has 1 saturated heterocycles. The normalized spacial score (nSPS) is 15.5. The summed E-state index contributed by atoms with van der Waals surface area (Å²) in [6.45, 7) is 8.38. The summed E-state index contributed by atoms with van der Waals surface area (Å²) >= 11 is 0. The second kappa shape index (κ2) is 7.11. The first-order valence-corrected chi connectivity index (χ1v) is 10.2. The monoisotopic (exact) mass is 390 g/mol. The molecule has 150 valence electrons. The lowest BCUT2D eigenvalue weighted by atomic mass is 10.0. The fraction of sp³-hybridized carbons (Fsp3) is 0.429. The molecule has 8 nitrogen and oxygen atoms in total. The molecule has 2 aliphatic rings. The van der Waals surface area contributed by atoms with Gasteiger partial charge in [0.05, 0.1) is 29.0 Å². The van der Waals surface area contributed by atoms with Gasteiger partial charge in [-0.25, -0.2) is 15.0 Å². The first kappa shape index (κ1) is 18.1. The van der Waals surface area contributed by atoms with Crippen molar-refractivity contribution in [1.29, 1.82) is 0 Å². The summed E-state index contributed by atoms with van der Waals surface area (Å²) in [5.41, 5.74) is 6.78. The van der Waals surface area contributed by atoms with Crippen LogP contribution in [0.2, 0.25) is 0 Å². The number of pyridine rings is 1. The van der Waals surface area contributed by atoms with E-state index in [1.165, 1.54) is 11.3 Å². The number of hydrogen-bond acceptors (Lipinski definition) is 7. The maximum Gasteiger partial charge on any atom is 0.228 e. The van der Waals surface area contributed by atoms with Gasteiger partial charge in [-0.3, -0.25) is 4.68 Å². The fourth-order valence-electron chi connectivity index (χ4n) is 4.12. The Morgan fingerprint density at radius 1 is 1.10 bits per heavy atom. The molecule has 0 radical (unpaired) electrons. The average Bonchev–Trinajstić information content (AvgIpc) is 3.27. The van der Waals surface area contributed by atoms with E-state index >= 15 is 0 Å². The summed E-state index contributed by atoms with van der Waals surface area (Å²) in [6, 6.07) is 4.09. The molecule has 8 heteroatoms. The van der Waals surface area contributed by atoms with Gasteiger partial charge in [0.2, 0.25) is 5.95 Å². The minimum absolute atomic E-state index is 0.349. The summed E-state index contributed by atoms with van der Waals surface area (Å²) < 4.78 is 1.98. The van der Waals surface area contributed by atoms with Crippen molar-refractivity contribution in [2.45, 2.75) is 26.2 Å². The van der Waals surface area contributed by atoms with Gasteiger partial charge in [-0.1, -0.05) is 13.8 Å². The van der Waals surface area contributed by atoms with Crippen LogP contribution in [0.1, 0.15) is 36.7 Å². The van der Waals surface area contributed by atoms with Crippen LogP contribution in [0.25, 0.3) is 11.3 Å². The van der Waals surface area contributed by atoms with Gasteiger partial charge in [-0.05, 0) is 18.1 Å². The highest BCUT2D eigenvalue weighted by Gasteiger charge is 2.29. The number of piperazine rings is 1. The summed E-state index contributed by atoms with van der Waals surface area (Å²) in [6.07, 6.45) is 4.67. The van der Waals surface area contributed by atoms with Gasteiger partial charge in [0.15, 0.2) is 0 Å². The molecule has 2 N–H and O–H groups in total. The lowest BCUT2D eigenvalue weighted by Gasteiger charge is -2.29. The average molecular weight is 390 g/mol. The predicted molar refractivity (Wildman–Crippen MR) is 114 cm³/mol. The Morgan fingerprint density at radius 2 is 1.93 bits per heavy atom. The van der Waals surface area contributed by atoms with Crippen molar-refractivity contribution in [3.63, 3.8) is 0 Å². The van der Waals surface area contributed by atoms with Crippen LogP contribution < -0.4 is 15.5 Å². The highest BCUT2D eigenvalue weighted by Crippen LogP contribution is 2.40. The third kappa shape index (κ3) is 3.23. The van der Waals surface area contributed by atoms with E-state index in [0.29, 0.717) is 11.9 Å². The molecule has 0 spiro atoms. The Bertz CT molecular complexity index is 1030. The second-order valence-corrected chi connectivity index (χ2v) is 7.99. The van der Waals surface area contributed by atoms with Crippen molar-refractivity contribution in [2.75, 3.05) is 36.4 Å². The zero-order valence-corrected chi connectivity index (χ0v) is 17.1. The standard InChI is InChI=1S/C21H26N8/c1-13(2)19-18-16(28(3)27-19)10-14-11-24-21(26-20(14)18)25-17-5-4-15(12-23-17)29-8-6-22-7-9-29/h4-5,11-13,22H,6-10H2,1-3H3,(H,23,24,25,26). The Morgan fingerprint density at radius 3 is 2.66 bits per heavy atom. The first-order chi connectivity index (χ1) is 14.1. The van der Waals surface area contributed by atoms with E-state index in [-0.39, 0.29) is 0 Å². The fourth-order valence-corrected chi connectivity index (χ4v) is 4.12. The largest absolute Gasteiger partial charge is 0.368 e. The quantitative estimate of drug-likeness (QED) is 0.554. The van der Waals surface area contributed by atoms with E-state index in [9.17, 15) is 0 Å². The van der Waals surface area contributed by atoms with Gasteiger partial charge < -0.3 is 15.5 Å². The summed E-state index contributed by atoms with van der Waals surface area (Å²) in [5.74, 6) is 1.66. The van der Waals surface area contributed by atoms with Gasteiger partial charge in [0.1, 0.15) is 5.82 Å². The van der Waals surface area contributed by atoms with E-state index in [2.05, 4.69) is 45.4 Å². The number of fused-ring (bicyclic) bond motifs is 3. The Hall–Kier alpha value is -3.00. The molecule has 3 aromatic heterocycles. The molecule has 0 aromatic carbocycles. The van der Waals surface area contributed by atoms with Crippen LogP contribution in [-0.2, 0) is 13.5 Å². The van der Waals surface area contributed by atoms with Crippen LogP contribution in [0, 0.1) is 0 Å². The molecular formula is C21H26N8. The molecule has 0 unspecified atom stereocenters. The van der Waals surface area contributed by atoms with Crippen LogP contribution >= 0.6 is 0 Å². The van der Waals surface area contributed by atoms with Crippen LogP contribution in [0.4, 0.5) is 17.5 Å². The van der Waals surface area contributed by atoms with Gasteiger partial charge in [0.25, 0.3) is 0 Å². The van der Waals surface area contributed by atoms with Gasteiger partial charge in [-0.2, -0.15) is 5.10 Å². The van der Waals surface area contributed by atoms with Crippen LogP contribution in [0.3, 0.4) is 0 Å². The maximum atomic E-state index is 4.82. The van der Waals surface area contributed by atoms with Crippen LogP contribution in [0.15, 0.2) is 24.5 Å². The SMILES string of the molecule is CC(C)c1nn(C)c2c1-c1nc(Nc3ccc(N4CCNCC4)cn3)ncc1C2. The summed E-state index contributed by atoms with van der Waals surface area (Å²) in [4.78, 5) is 16.2. The molecule has 0 saturated carbocycles. The summed E-state index contributed by atoms with van der Waals surface area (Å²) in [5, 5.41) is 11.3. The molecule has 1 fully saturated rings. The Labute approximate surface area is 170 Å². The highest BCUT2D eigenvalue weighted by molar-refractivity contribution is 5.75. The minimum atomic E-state index is 0.349. The van der Waals surface area contributed by atoms with Crippen molar-refractivity contribution in [3.05, 3.63) is 41.5 Å². The molecule has 0 amide bonds. The van der Waals surface area contributed by atoms with Gasteiger partial charge in [0, 0.05) is 57.0 Å². The predicted octanol–water partition coefficient (Wildman–Crippen LogP) is 2.45. The molecule has 0 atom stereocenters. The molecule has 29 heavy (non-hydrogen) atoms. The molecule has 0 bridgehead atoms. The van der Waals surface area contributed by atoms with Crippen LogP contribution in [-0.4, -0.2) is 50.9 Å². The number of aryl methyl sites for hydroxylation is 1. The molecular weight excluding hydrogens is 364 g/mol. The minimum Gasteiger partial charge on any atom is -0.368 e. The number of aromatic nitrogens is 5. The number of hydrogen-bond donors (Lipinski definition) is 2. The number of anilines is 3. The van der Waals surface area contributed by atoms with E-state index in [4.69, 9.17) is 10.1 Å². The number of rotatable bonds is 4. The Balaban J connectivity index is 1.40. The molecule has 5 rings (SSSR count). The van der Waals surface area contributed by atoms with Crippen molar-refractivity contribution in [3.8, 4) is 11.3 Å². The highest BCUT2D eigenvalue weighted by atomic mass is 15.3. The van der Waals surface area contributed by atoms with Crippen molar-refractivity contribution in [2.24, 2.45) is 7.05 Å². The zero-order chi connectivity index (χ0) is 20.0. The third-order valence-corrected chi connectivity index (χ3v) is 5.67. The maximum absolute atomic E-state index is 4.82. The smallest absolute Gasteiger partial charge is 0.228 e. The lowest BCUT2D eigenvalue weighted by molar-refractivity contribution is 0.589. The van der Waals surface area contributed by atoms with Gasteiger partial charge in [-0.15, -0.1) is 0 Å². The van der Waals surface area contributed by atoms with E-state index in [1.54, 1.807) is 0 Å². The zero-order valence-electron chi connectivity index (χ0n) is 17.1. The van der Waals surface area contributed by atoms with Crippen molar-refractivity contribution in [1.82, 2.24) is 30.0 Å². The first-order valence-electron chi connectivity index (χ1n) is 10.2. The van der Waals surface area contributed by atoms with Gasteiger partial charge >= 0.3 is 0 Å². The van der Waals surface area contributed by atoms with Crippen molar-refractivity contribution < 1.29 is 0 Å². The third-order valence-electron chi connectivity index (χ3n) is 5.67. The summed E-state index contributed by atoms with van der Waals surface area (Å²) in [7, 11) is 2.01. The number of nitrogens with one attached hydrogen (secondary N) is 2. The Kier molecular flexibility index (Phi) is 4.43. The molecule has 1 aliphatic carbocycles. The number of nitrogens with zero attached hydrogens (tertiary/aromatic N) is 6. The molecule has 4 heterocycles. The second-order valence-electron chi connectivity index (χ2n) is 7.99. The van der Waals surface area contributed by atoms with Crippen LogP contribution in [0.5, 0.6) is 0 Å².